The van der Waals surface area contributed by atoms with Gasteiger partial charge >= 0.3 is 12.2 Å². The van der Waals surface area contributed by atoms with Crippen LogP contribution >= 0.6 is 0 Å². The van der Waals surface area contributed by atoms with Crippen LogP contribution in [0.4, 0.5) is 9.59 Å². The predicted molar refractivity (Wildman–Crippen MR) is 231 cm³/mol. The second kappa shape index (κ2) is 18.3. The number of likely N-dealkylation sites (tertiary alicyclic amines) is 2. The van der Waals surface area contributed by atoms with E-state index < -0.39 is 29.9 Å². The highest BCUT2D eigenvalue weighted by molar-refractivity contribution is 5.87. The summed E-state index contributed by atoms with van der Waals surface area (Å²) < 4.78 is 5.63. The second-order valence-corrected chi connectivity index (χ2v) is 17.5. The molecule has 0 radical (unpaired) electrons. The normalized spacial score (nSPS) is 18.8. The van der Waals surface area contributed by atoms with Gasteiger partial charge in [-0.05, 0) is 75.0 Å². The molecule has 2 aromatic heterocycles. The van der Waals surface area contributed by atoms with Crippen LogP contribution in [0.25, 0.3) is 33.6 Å². The van der Waals surface area contributed by atoms with Gasteiger partial charge in [0.1, 0.15) is 29.3 Å². The molecule has 6 rings (SSSR count). The number of amides is 4. The highest BCUT2D eigenvalue weighted by Gasteiger charge is 2.42. The van der Waals surface area contributed by atoms with E-state index in [2.05, 4.69) is 46.4 Å². The van der Waals surface area contributed by atoms with Gasteiger partial charge in [-0.2, -0.15) is 0 Å². The second-order valence-electron chi connectivity index (χ2n) is 17.5. The van der Waals surface area contributed by atoms with Crippen LogP contribution in [0.2, 0.25) is 0 Å². The standard InChI is InChI=1S/C46H62N8O6/c1-10-28(3)38(51(8)44(57)58)42(55)53-24-12-14-36(53)40-47-26-34(49-40)32-20-16-30(17-21-32)31-18-22-33(23-19-31)35-27-48-41(50-35)37-15-13-25-54(37)43(56)39(29(4)11-2)52(9)45(59)60-46(5,6)7/h16-23,26-29,36-39H,10-15,24-25H2,1-9H3,(H,47,49)(H,48,50)(H,57,58)/t28-,29-,36+,37+,38+,39+/m1/s1. The lowest BCUT2D eigenvalue weighted by molar-refractivity contribution is -0.139. The van der Waals surface area contributed by atoms with Gasteiger partial charge in [-0.25, -0.2) is 19.6 Å². The Bertz CT molecular complexity index is 2120. The van der Waals surface area contributed by atoms with Crippen molar-refractivity contribution >= 4 is 24.0 Å². The number of rotatable bonds is 13. The van der Waals surface area contributed by atoms with Crippen molar-refractivity contribution in [1.82, 2.24) is 39.5 Å². The summed E-state index contributed by atoms with van der Waals surface area (Å²) in [6.45, 7) is 14.5. The van der Waals surface area contributed by atoms with Gasteiger partial charge in [0.05, 0.1) is 29.7 Å². The van der Waals surface area contributed by atoms with Crippen LogP contribution in [0.5, 0.6) is 0 Å². The molecule has 0 saturated carbocycles. The molecular formula is C46H62N8O6. The lowest BCUT2D eigenvalue weighted by atomic mass is 9.96. The van der Waals surface area contributed by atoms with Crippen LogP contribution in [0.1, 0.15) is 111 Å². The van der Waals surface area contributed by atoms with Crippen molar-refractivity contribution in [3.8, 4) is 33.6 Å². The number of hydrogen-bond donors (Lipinski definition) is 3. The first-order valence-electron chi connectivity index (χ1n) is 21.4. The number of nitrogens with zero attached hydrogens (tertiary/aromatic N) is 6. The van der Waals surface area contributed by atoms with Crippen LogP contribution in [0.15, 0.2) is 60.9 Å². The molecule has 2 aliphatic rings. The summed E-state index contributed by atoms with van der Waals surface area (Å²) in [6, 6.07) is 14.6. The quantitative estimate of drug-likeness (QED) is 0.120. The Kier molecular flexibility index (Phi) is 13.4. The van der Waals surface area contributed by atoms with Gasteiger partial charge < -0.3 is 29.6 Å². The predicted octanol–water partition coefficient (Wildman–Crippen LogP) is 8.77. The smallest absolute Gasteiger partial charge is 0.410 e. The lowest BCUT2D eigenvalue weighted by Gasteiger charge is -2.36. The number of imidazole rings is 2. The van der Waals surface area contributed by atoms with Crippen molar-refractivity contribution in [3.63, 3.8) is 0 Å². The minimum Gasteiger partial charge on any atom is -0.465 e. The van der Waals surface area contributed by atoms with Gasteiger partial charge in [-0.1, -0.05) is 89.1 Å². The minimum absolute atomic E-state index is 0.0626. The summed E-state index contributed by atoms with van der Waals surface area (Å²) >= 11 is 0. The molecule has 0 bridgehead atoms. The van der Waals surface area contributed by atoms with Crippen LogP contribution in [-0.2, 0) is 14.3 Å². The molecule has 0 spiro atoms. The van der Waals surface area contributed by atoms with E-state index in [1.807, 2.05) is 77.9 Å². The lowest BCUT2D eigenvalue weighted by Crippen LogP contribution is -2.53. The van der Waals surface area contributed by atoms with E-state index in [1.165, 1.54) is 11.9 Å². The largest absolute Gasteiger partial charge is 0.465 e. The molecule has 2 fully saturated rings. The fourth-order valence-corrected chi connectivity index (χ4v) is 8.55. The number of carboxylic acid groups (broad SMARTS) is 1. The average Bonchev–Trinajstić information content (AvgIpc) is 4.07. The Balaban J connectivity index is 1.12. The van der Waals surface area contributed by atoms with E-state index in [1.54, 1.807) is 11.9 Å². The number of carbonyl (C=O) groups excluding carboxylic acids is 3. The van der Waals surface area contributed by atoms with E-state index in [-0.39, 0.29) is 35.7 Å². The zero-order valence-corrected chi connectivity index (χ0v) is 36.6. The molecular weight excluding hydrogens is 761 g/mol. The van der Waals surface area contributed by atoms with Crippen molar-refractivity contribution < 1.29 is 29.0 Å². The molecule has 14 heteroatoms. The first-order valence-corrected chi connectivity index (χ1v) is 21.4. The van der Waals surface area contributed by atoms with Crippen molar-refractivity contribution in [2.45, 2.75) is 117 Å². The SMILES string of the molecule is CC[C@@H](C)[C@@H](C(=O)N1CCC[C@H]1c1nc(-c2ccc(-c3ccc(-c4cnc([C@@H]5CCCN5C(=O)[C@H]([C@H](C)CC)N(C)C(=O)OC(C)(C)C)[nH]4)cc3)cc2)c[nH]1)N(C)C(=O)O. The molecule has 4 amide bonds. The molecule has 0 aliphatic carbocycles. The van der Waals surface area contributed by atoms with Gasteiger partial charge in [0.2, 0.25) is 11.8 Å². The molecule has 322 valence electrons. The summed E-state index contributed by atoms with van der Waals surface area (Å²) in [6.07, 6.45) is 6.68. The van der Waals surface area contributed by atoms with E-state index in [9.17, 15) is 24.3 Å². The average molecular weight is 823 g/mol. The number of carbonyl (C=O) groups is 4. The number of likely N-dealkylation sites (N-methyl/N-ethyl adjacent to an activating group) is 2. The first kappa shape index (κ1) is 43.9. The third-order valence-corrected chi connectivity index (χ3v) is 12.3. The monoisotopic (exact) mass is 822 g/mol. The number of aromatic amines is 2. The summed E-state index contributed by atoms with van der Waals surface area (Å²) in [7, 11) is 3.12. The maximum Gasteiger partial charge on any atom is 0.410 e. The topological polar surface area (TPSA) is 168 Å². The van der Waals surface area contributed by atoms with Gasteiger partial charge in [-0.3, -0.25) is 19.4 Å². The number of ether oxygens (including phenoxy) is 1. The van der Waals surface area contributed by atoms with Crippen LogP contribution in [-0.4, -0.2) is 114 Å². The molecule has 3 N–H and O–H groups in total. The molecule has 2 saturated heterocycles. The summed E-state index contributed by atoms with van der Waals surface area (Å²) in [5, 5.41) is 9.69. The van der Waals surface area contributed by atoms with Crippen LogP contribution < -0.4 is 0 Å². The highest BCUT2D eigenvalue weighted by Crippen LogP contribution is 2.36. The van der Waals surface area contributed by atoms with Gasteiger partial charge in [0.15, 0.2) is 0 Å². The summed E-state index contributed by atoms with van der Waals surface area (Å²) in [5.74, 6) is 0.975. The van der Waals surface area contributed by atoms with Crippen molar-refractivity contribution in [3.05, 3.63) is 72.6 Å². The highest BCUT2D eigenvalue weighted by atomic mass is 16.6. The third kappa shape index (κ3) is 9.37. The molecule has 2 aliphatic heterocycles. The number of benzene rings is 2. The summed E-state index contributed by atoms with van der Waals surface area (Å²) in [5.41, 5.74) is 4.97. The van der Waals surface area contributed by atoms with Crippen LogP contribution in [0, 0.1) is 11.8 Å². The molecule has 60 heavy (non-hydrogen) atoms. The summed E-state index contributed by atoms with van der Waals surface area (Å²) in [4.78, 5) is 75.6. The Morgan fingerprint density at radius 2 is 1.27 bits per heavy atom. The Hall–Kier alpha value is -5.66. The van der Waals surface area contributed by atoms with E-state index in [4.69, 9.17) is 14.7 Å². The minimum atomic E-state index is -1.11. The van der Waals surface area contributed by atoms with Crippen LogP contribution in [0.3, 0.4) is 0 Å². The van der Waals surface area contributed by atoms with E-state index in [0.29, 0.717) is 25.3 Å². The molecule has 0 unspecified atom stereocenters. The number of hydrogen-bond acceptors (Lipinski definition) is 7. The number of H-pyrrole nitrogens is 2. The first-order chi connectivity index (χ1) is 28.5. The van der Waals surface area contributed by atoms with Crippen molar-refractivity contribution in [2.24, 2.45) is 11.8 Å². The fourth-order valence-electron chi connectivity index (χ4n) is 8.55. The number of aromatic nitrogens is 4. The maximum atomic E-state index is 14.2. The van der Waals surface area contributed by atoms with E-state index in [0.717, 1.165) is 76.5 Å². The molecule has 4 aromatic rings. The third-order valence-electron chi connectivity index (χ3n) is 12.3. The fraction of sp³-hybridized carbons (Fsp3) is 0.522. The van der Waals surface area contributed by atoms with Crippen molar-refractivity contribution in [1.29, 1.82) is 0 Å². The molecule has 2 aromatic carbocycles. The Labute approximate surface area is 353 Å². The van der Waals surface area contributed by atoms with Gasteiger partial charge in [-0.15, -0.1) is 0 Å². The zero-order chi connectivity index (χ0) is 43.5. The van der Waals surface area contributed by atoms with Gasteiger partial charge in [0, 0.05) is 38.9 Å². The van der Waals surface area contributed by atoms with Crippen molar-refractivity contribution in [2.75, 3.05) is 27.2 Å². The van der Waals surface area contributed by atoms with E-state index >= 15 is 0 Å². The number of nitrogens with one attached hydrogen (secondary N) is 2. The zero-order valence-electron chi connectivity index (χ0n) is 36.6. The Morgan fingerprint density at radius 3 is 1.77 bits per heavy atom. The Morgan fingerprint density at radius 1 is 0.783 bits per heavy atom. The maximum absolute atomic E-state index is 14.2. The molecule has 14 nitrogen and oxygen atoms in total. The molecule has 6 atom stereocenters. The van der Waals surface area contributed by atoms with Gasteiger partial charge in [0.25, 0.3) is 0 Å². The molecule has 4 heterocycles.